The highest BCUT2D eigenvalue weighted by molar-refractivity contribution is 6.39. The van der Waals surface area contributed by atoms with E-state index in [9.17, 15) is 10.2 Å². The molecule has 0 amide bonds. The number of hydrogen-bond acceptors (Lipinski definition) is 6. The standard InChI is InChI=1S/C32H48N6O2/c1-29(2,3)21-13-19(25(39)23(15-21)31(7,8)9)17-35-37-27(33)28(34)38-36-18-20-14-22(30(4,5)6)16-24(26(20)40)32(10,11)12/h13-18,39-40H,1-12H3,(H2,33,37)(H2,34,38)/b35-17+,36-18+. The maximum atomic E-state index is 10.9. The number of nitrogens with zero attached hydrogens (tertiary/aromatic N) is 4. The van der Waals surface area contributed by atoms with Crippen LogP contribution in [-0.4, -0.2) is 34.3 Å². The Kier molecular flexibility index (Phi) is 9.30. The fourth-order valence-electron chi connectivity index (χ4n) is 3.93. The summed E-state index contributed by atoms with van der Waals surface area (Å²) in [7, 11) is 0. The smallest absolute Gasteiger partial charge is 0.190 e. The van der Waals surface area contributed by atoms with Crippen LogP contribution >= 0.6 is 0 Å². The van der Waals surface area contributed by atoms with E-state index >= 15 is 0 Å². The molecule has 6 N–H and O–H groups in total. The van der Waals surface area contributed by atoms with Crippen molar-refractivity contribution in [1.82, 2.24) is 0 Å². The minimum Gasteiger partial charge on any atom is -0.507 e. The SMILES string of the molecule is CC(C)(C)c1cc(/C=N/N=C(N)C(N)=N/N=C/c2cc(C(C)(C)C)cc(C(C)(C)C)c2O)c(O)c(C(C)(C)C)c1. The Labute approximate surface area is 240 Å². The lowest BCUT2D eigenvalue weighted by Gasteiger charge is -2.26. The lowest BCUT2D eigenvalue weighted by Crippen LogP contribution is -2.30. The van der Waals surface area contributed by atoms with E-state index in [-0.39, 0.29) is 44.8 Å². The number of benzene rings is 2. The van der Waals surface area contributed by atoms with E-state index in [1.165, 1.54) is 12.4 Å². The fourth-order valence-corrected chi connectivity index (χ4v) is 3.93. The highest BCUT2D eigenvalue weighted by Crippen LogP contribution is 2.38. The van der Waals surface area contributed by atoms with E-state index in [0.29, 0.717) is 11.1 Å². The number of hydrogen-bond donors (Lipinski definition) is 4. The van der Waals surface area contributed by atoms with Gasteiger partial charge in [0.2, 0.25) is 0 Å². The average molecular weight is 549 g/mol. The van der Waals surface area contributed by atoms with Crippen LogP contribution in [0.5, 0.6) is 11.5 Å². The van der Waals surface area contributed by atoms with Crippen molar-refractivity contribution >= 4 is 24.1 Å². The first-order valence-electron chi connectivity index (χ1n) is 13.5. The molecule has 0 spiro atoms. The van der Waals surface area contributed by atoms with Crippen molar-refractivity contribution in [2.75, 3.05) is 0 Å². The van der Waals surface area contributed by atoms with Crippen LogP contribution in [0, 0.1) is 0 Å². The van der Waals surface area contributed by atoms with Crippen LogP contribution < -0.4 is 11.5 Å². The summed E-state index contributed by atoms with van der Waals surface area (Å²) in [5, 5.41) is 37.8. The van der Waals surface area contributed by atoms with Crippen LogP contribution in [0.25, 0.3) is 0 Å². The highest BCUT2D eigenvalue weighted by atomic mass is 16.3. The summed E-state index contributed by atoms with van der Waals surface area (Å²) in [5.74, 6) is 0.0465. The zero-order valence-corrected chi connectivity index (χ0v) is 26.3. The van der Waals surface area contributed by atoms with Crippen LogP contribution in [0.15, 0.2) is 44.7 Å². The summed E-state index contributed by atoms with van der Waals surface area (Å²) < 4.78 is 0. The molecule has 0 unspecified atom stereocenters. The molecule has 0 atom stereocenters. The molecule has 0 fully saturated rings. The molecule has 2 rings (SSSR count). The number of phenols is 2. The van der Waals surface area contributed by atoms with Gasteiger partial charge in [0.15, 0.2) is 11.7 Å². The Morgan fingerprint density at radius 2 is 0.850 bits per heavy atom. The van der Waals surface area contributed by atoms with Gasteiger partial charge in [0.25, 0.3) is 0 Å². The van der Waals surface area contributed by atoms with Gasteiger partial charge in [-0.25, -0.2) is 0 Å². The Morgan fingerprint density at radius 3 is 1.10 bits per heavy atom. The predicted octanol–water partition coefficient (Wildman–Crippen LogP) is 6.37. The largest absolute Gasteiger partial charge is 0.507 e. The monoisotopic (exact) mass is 548 g/mol. The molecule has 0 aromatic heterocycles. The third kappa shape index (κ3) is 8.16. The molecule has 2 aromatic carbocycles. The molecular formula is C32H48N6O2. The third-order valence-corrected chi connectivity index (χ3v) is 6.61. The summed E-state index contributed by atoms with van der Waals surface area (Å²) in [5.41, 5.74) is 16.0. The van der Waals surface area contributed by atoms with Gasteiger partial charge in [-0.2, -0.15) is 10.2 Å². The van der Waals surface area contributed by atoms with Gasteiger partial charge in [0, 0.05) is 22.3 Å². The molecule has 0 radical (unpaired) electrons. The molecule has 0 aliphatic carbocycles. The first kappa shape index (κ1) is 32.5. The zero-order valence-electron chi connectivity index (χ0n) is 26.3. The lowest BCUT2D eigenvalue weighted by molar-refractivity contribution is 0.443. The molecule has 0 saturated heterocycles. The second-order valence-corrected chi connectivity index (χ2v) is 14.4. The maximum absolute atomic E-state index is 10.9. The van der Waals surface area contributed by atoms with Crippen LogP contribution in [0.3, 0.4) is 0 Å². The Bertz CT molecular complexity index is 1250. The number of nitrogens with two attached hydrogens (primary N) is 2. The molecule has 8 nitrogen and oxygen atoms in total. The van der Waals surface area contributed by atoms with E-state index < -0.39 is 0 Å². The molecule has 2 aromatic rings. The predicted molar refractivity (Wildman–Crippen MR) is 169 cm³/mol. The van der Waals surface area contributed by atoms with Gasteiger partial charge in [-0.1, -0.05) is 95.2 Å². The van der Waals surface area contributed by atoms with Crippen LogP contribution in [0.4, 0.5) is 0 Å². The maximum Gasteiger partial charge on any atom is 0.190 e. The molecule has 0 bridgehead atoms. The lowest BCUT2D eigenvalue weighted by atomic mass is 9.79. The van der Waals surface area contributed by atoms with Crippen molar-refractivity contribution in [3.63, 3.8) is 0 Å². The molecular weight excluding hydrogens is 500 g/mol. The summed E-state index contributed by atoms with van der Waals surface area (Å²) in [6, 6.07) is 7.86. The summed E-state index contributed by atoms with van der Waals surface area (Å²) >= 11 is 0. The van der Waals surface area contributed by atoms with E-state index in [4.69, 9.17) is 11.5 Å². The molecule has 0 saturated carbocycles. The minimum atomic E-state index is -0.264. The first-order chi connectivity index (χ1) is 18.0. The average Bonchev–Trinajstić information content (AvgIpc) is 2.77. The molecule has 0 aliphatic heterocycles. The first-order valence-corrected chi connectivity index (χ1v) is 13.5. The van der Waals surface area contributed by atoms with Gasteiger partial charge in [0.1, 0.15) is 11.5 Å². The van der Waals surface area contributed by atoms with Crippen molar-refractivity contribution in [1.29, 1.82) is 0 Å². The normalized spacial score (nSPS) is 14.5. The topological polar surface area (TPSA) is 142 Å². The molecule has 218 valence electrons. The summed E-state index contributed by atoms with van der Waals surface area (Å²) in [4.78, 5) is 0. The second-order valence-electron chi connectivity index (χ2n) is 14.4. The second kappa shape index (κ2) is 11.4. The molecule has 0 aliphatic rings. The van der Waals surface area contributed by atoms with Gasteiger partial charge in [-0.05, 0) is 44.9 Å². The number of amidine groups is 2. The quantitative estimate of drug-likeness (QED) is 0.200. The van der Waals surface area contributed by atoms with E-state index in [1.807, 2.05) is 65.8 Å². The van der Waals surface area contributed by atoms with E-state index in [2.05, 4.69) is 61.9 Å². The van der Waals surface area contributed by atoms with Crippen molar-refractivity contribution < 1.29 is 10.2 Å². The zero-order chi connectivity index (χ0) is 30.8. The van der Waals surface area contributed by atoms with E-state index in [1.54, 1.807) is 0 Å². The van der Waals surface area contributed by atoms with Gasteiger partial charge in [-0.3, -0.25) is 0 Å². The van der Waals surface area contributed by atoms with Crippen molar-refractivity contribution in [2.24, 2.45) is 31.9 Å². The number of phenolic OH excluding ortho intramolecular Hbond substituents is 2. The highest BCUT2D eigenvalue weighted by Gasteiger charge is 2.25. The Balaban J connectivity index is 2.40. The third-order valence-electron chi connectivity index (χ3n) is 6.61. The van der Waals surface area contributed by atoms with Crippen molar-refractivity contribution in [3.05, 3.63) is 57.6 Å². The van der Waals surface area contributed by atoms with Gasteiger partial charge >= 0.3 is 0 Å². The minimum absolute atomic E-state index is 0.123. The molecule has 8 heteroatoms. The van der Waals surface area contributed by atoms with Gasteiger partial charge in [0.05, 0.1) is 12.4 Å². The molecule has 40 heavy (non-hydrogen) atoms. The summed E-state index contributed by atoms with van der Waals surface area (Å²) in [6.45, 7) is 25.0. The van der Waals surface area contributed by atoms with Crippen molar-refractivity contribution in [3.8, 4) is 11.5 Å². The number of aromatic hydroxyl groups is 2. The number of rotatable bonds is 4. The Hall–Kier alpha value is -3.68. The fraction of sp³-hybridized carbons (Fsp3) is 0.500. The molecule has 0 heterocycles. The van der Waals surface area contributed by atoms with E-state index in [0.717, 1.165) is 22.3 Å². The summed E-state index contributed by atoms with van der Waals surface area (Å²) in [6.07, 6.45) is 2.90. The van der Waals surface area contributed by atoms with Crippen molar-refractivity contribution in [2.45, 2.75) is 105 Å². The van der Waals surface area contributed by atoms with Crippen LogP contribution in [0.2, 0.25) is 0 Å². The van der Waals surface area contributed by atoms with Crippen LogP contribution in [0.1, 0.15) is 116 Å². The van der Waals surface area contributed by atoms with Crippen LogP contribution in [-0.2, 0) is 21.7 Å². The van der Waals surface area contributed by atoms with Gasteiger partial charge < -0.3 is 21.7 Å². The van der Waals surface area contributed by atoms with Gasteiger partial charge in [-0.15, -0.1) is 10.2 Å². The Morgan fingerprint density at radius 1 is 0.550 bits per heavy atom.